The van der Waals surface area contributed by atoms with Crippen molar-refractivity contribution in [3.05, 3.63) is 72.2 Å². The standard InChI is InChI=1S/C24H23N3O7S/c28-23(26-9-11-27(12-10-26)24(29)21-2-1-13-32-21)17-3-5-18(6-4-17)25-35(30,31)19-7-8-20-22(16-19)34-15-14-33-20/h1-8,13,16,25H,9-12,14-15H2. The van der Waals surface area contributed by atoms with Crippen molar-refractivity contribution in [3.8, 4) is 11.5 Å². The zero-order valence-corrected chi connectivity index (χ0v) is 19.5. The first-order chi connectivity index (χ1) is 16.9. The van der Waals surface area contributed by atoms with Gasteiger partial charge in [0.05, 0.1) is 11.2 Å². The lowest BCUT2D eigenvalue weighted by molar-refractivity contribution is 0.0518. The summed E-state index contributed by atoms with van der Waals surface area (Å²) in [6.07, 6.45) is 1.45. The maximum absolute atomic E-state index is 12.9. The maximum Gasteiger partial charge on any atom is 0.289 e. The monoisotopic (exact) mass is 497 g/mol. The Hall–Kier alpha value is -3.99. The van der Waals surface area contributed by atoms with Crippen LogP contribution in [0.5, 0.6) is 11.5 Å². The van der Waals surface area contributed by atoms with E-state index in [0.717, 1.165) is 0 Å². The van der Waals surface area contributed by atoms with Crippen LogP contribution >= 0.6 is 0 Å². The Morgan fingerprint density at radius 3 is 2.11 bits per heavy atom. The number of nitrogens with one attached hydrogen (secondary N) is 1. The Labute approximate surface area is 202 Å². The van der Waals surface area contributed by atoms with E-state index in [2.05, 4.69) is 4.72 Å². The number of furan rings is 1. The van der Waals surface area contributed by atoms with Crippen LogP contribution in [0.2, 0.25) is 0 Å². The zero-order chi connectivity index (χ0) is 24.4. The number of hydrogen-bond acceptors (Lipinski definition) is 7. The number of rotatable bonds is 5. The highest BCUT2D eigenvalue weighted by atomic mass is 32.2. The number of sulfonamides is 1. The van der Waals surface area contributed by atoms with Crippen LogP contribution in [0.15, 0.2) is 70.2 Å². The Morgan fingerprint density at radius 2 is 1.46 bits per heavy atom. The topological polar surface area (TPSA) is 118 Å². The van der Waals surface area contributed by atoms with E-state index in [1.54, 1.807) is 52.3 Å². The van der Waals surface area contributed by atoms with Gasteiger partial charge in [0, 0.05) is 43.5 Å². The van der Waals surface area contributed by atoms with Crippen molar-refractivity contribution in [1.82, 2.24) is 9.80 Å². The van der Waals surface area contributed by atoms with Gasteiger partial charge in [-0.05, 0) is 48.5 Å². The van der Waals surface area contributed by atoms with Crippen LogP contribution < -0.4 is 14.2 Å². The summed E-state index contributed by atoms with van der Waals surface area (Å²) in [6, 6.07) is 13.9. The van der Waals surface area contributed by atoms with Crippen molar-refractivity contribution in [1.29, 1.82) is 0 Å². The van der Waals surface area contributed by atoms with E-state index in [4.69, 9.17) is 13.9 Å². The van der Waals surface area contributed by atoms with Crippen LogP contribution in [-0.2, 0) is 10.0 Å². The molecule has 0 spiro atoms. The molecule has 0 aliphatic carbocycles. The lowest BCUT2D eigenvalue weighted by atomic mass is 10.1. The lowest BCUT2D eigenvalue weighted by Crippen LogP contribution is -2.50. The Balaban J connectivity index is 1.20. The second-order valence-corrected chi connectivity index (χ2v) is 9.73. The SMILES string of the molecule is O=C(c1ccc(NS(=O)(=O)c2ccc3c(c2)OCCO3)cc1)N1CCN(C(=O)c2ccco2)CC1. The van der Waals surface area contributed by atoms with Crippen LogP contribution in [0.4, 0.5) is 5.69 Å². The second-order valence-electron chi connectivity index (χ2n) is 8.05. The fourth-order valence-corrected chi connectivity index (χ4v) is 5.01. The van der Waals surface area contributed by atoms with Gasteiger partial charge in [0.25, 0.3) is 21.8 Å². The molecule has 1 aromatic heterocycles. The van der Waals surface area contributed by atoms with Gasteiger partial charge in [-0.1, -0.05) is 0 Å². The predicted octanol–water partition coefficient (Wildman–Crippen LogP) is 2.45. The Morgan fingerprint density at radius 1 is 0.800 bits per heavy atom. The molecule has 182 valence electrons. The summed E-state index contributed by atoms with van der Waals surface area (Å²) >= 11 is 0. The molecule has 2 amide bonds. The van der Waals surface area contributed by atoms with Crippen LogP contribution in [0, 0.1) is 0 Å². The molecule has 11 heteroatoms. The average Bonchev–Trinajstić information content (AvgIpc) is 3.43. The molecule has 10 nitrogen and oxygen atoms in total. The van der Waals surface area contributed by atoms with E-state index in [9.17, 15) is 18.0 Å². The Kier molecular flexibility index (Phi) is 6.08. The molecule has 2 aliphatic rings. The molecule has 35 heavy (non-hydrogen) atoms. The van der Waals surface area contributed by atoms with E-state index in [0.29, 0.717) is 62.1 Å². The first-order valence-corrected chi connectivity index (χ1v) is 12.5. The fraction of sp³-hybridized carbons (Fsp3) is 0.250. The highest BCUT2D eigenvalue weighted by Gasteiger charge is 2.27. The smallest absolute Gasteiger partial charge is 0.289 e. The molecule has 0 bridgehead atoms. The molecular weight excluding hydrogens is 474 g/mol. The maximum atomic E-state index is 12.9. The van der Waals surface area contributed by atoms with Gasteiger partial charge < -0.3 is 23.7 Å². The van der Waals surface area contributed by atoms with Crippen LogP contribution in [0.3, 0.4) is 0 Å². The van der Waals surface area contributed by atoms with Gasteiger partial charge in [0.1, 0.15) is 13.2 Å². The van der Waals surface area contributed by atoms with E-state index >= 15 is 0 Å². The van der Waals surface area contributed by atoms with Gasteiger partial charge in [0.15, 0.2) is 17.3 Å². The molecule has 1 N–H and O–H groups in total. The average molecular weight is 498 g/mol. The van der Waals surface area contributed by atoms with Gasteiger partial charge >= 0.3 is 0 Å². The number of anilines is 1. The zero-order valence-electron chi connectivity index (χ0n) is 18.7. The molecule has 1 fully saturated rings. The minimum atomic E-state index is -3.86. The first-order valence-electron chi connectivity index (χ1n) is 11.1. The number of ether oxygens (including phenoxy) is 2. The molecule has 0 radical (unpaired) electrons. The van der Waals surface area contributed by atoms with Gasteiger partial charge in [-0.25, -0.2) is 8.42 Å². The largest absolute Gasteiger partial charge is 0.486 e. The molecule has 0 atom stereocenters. The van der Waals surface area contributed by atoms with E-state index < -0.39 is 10.0 Å². The first kappa shape index (κ1) is 22.8. The van der Waals surface area contributed by atoms with E-state index in [1.165, 1.54) is 18.4 Å². The van der Waals surface area contributed by atoms with Crippen molar-refractivity contribution >= 4 is 27.5 Å². The fourth-order valence-electron chi connectivity index (χ4n) is 3.94. The molecule has 0 unspecified atom stereocenters. The van der Waals surface area contributed by atoms with Crippen molar-refractivity contribution in [2.24, 2.45) is 0 Å². The van der Waals surface area contributed by atoms with Gasteiger partial charge in [0.2, 0.25) is 0 Å². The summed E-state index contributed by atoms with van der Waals surface area (Å²) < 4.78 is 44.2. The summed E-state index contributed by atoms with van der Waals surface area (Å²) in [5.74, 6) is 0.780. The third-order valence-electron chi connectivity index (χ3n) is 5.79. The van der Waals surface area contributed by atoms with Crippen molar-refractivity contribution in [2.45, 2.75) is 4.90 Å². The number of fused-ring (bicyclic) bond motifs is 1. The summed E-state index contributed by atoms with van der Waals surface area (Å²) in [6.45, 7) is 2.36. The summed E-state index contributed by atoms with van der Waals surface area (Å²) in [4.78, 5) is 28.7. The number of nitrogens with zero attached hydrogens (tertiary/aromatic N) is 2. The molecule has 2 aromatic carbocycles. The highest BCUT2D eigenvalue weighted by molar-refractivity contribution is 7.92. The summed E-state index contributed by atoms with van der Waals surface area (Å²) in [7, 11) is -3.86. The number of amides is 2. The van der Waals surface area contributed by atoms with Crippen molar-refractivity contribution in [2.75, 3.05) is 44.1 Å². The highest BCUT2D eigenvalue weighted by Crippen LogP contribution is 2.32. The van der Waals surface area contributed by atoms with Crippen LogP contribution in [-0.4, -0.2) is 69.4 Å². The number of carbonyl (C=O) groups is 2. The summed E-state index contributed by atoms with van der Waals surface area (Å²) in [5, 5.41) is 0. The number of carbonyl (C=O) groups excluding carboxylic acids is 2. The third-order valence-corrected chi connectivity index (χ3v) is 7.17. The van der Waals surface area contributed by atoms with Crippen molar-refractivity contribution < 1.29 is 31.9 Å². The van der Waals surface area contributed by atoms with Crippen LogP contribution in [0.25, 0.3) is 0 Å². The molecule has 3 aromatic rings. The lowest BCUT2D eigenvalue weighted by Gasteiger charge is -2.34. The molecule has 1 saturated heterocycles. The molecule has 5 rings (SSSR count). The molecule has 0 saturated carbocycles. The van der Waals surface area contributed by atoms with Gasteiger partial charge in [-0.3, -0.25) is 14.3 Å². The molecular formula is C24H23N3O7S. The van der Waals surface area contributed by atoms with E-state index in [-0.39, 0.29) is 22.5 Å². The van der Waals surface area contributed by atoms with Crippen molar-refractivity contribution in [3.63, 3.8) is 0 Å². The normalized spacial score (nSPS) is 15.5. The third kappa shape index (κ3) is 4.80. The molecule has 2 aliphatic heterocycles. The molecule has 3 heterocycles. The minimum absolute atomic E-state index is 0.0452. The quantitative estimate of drug-likeness (QED) is 0.575. The van der Waals surface area contributed by atoms with Gasteiger partial charge in [-0.15, -0.1) is 0 Å². The predicted molar refractivity (Wildman–Crippen MR) is 125 cm³/mol. The number of piperazine rings is 1. The number of hydrogen-bond donors (Lipinski definition) is 1. The van der Waals surface area contributed by atoms with Gasteiger partial charge in [-0.2, -0.15) is 0 Å². The van der Waals surface area contributed by atoms with E-state index in [1.807, 2.05) is 0 Å². The second kappa shape index (κ2) is 9.34. The number of benzene rings is 2. The van der Waals surface area contributed by atoms with Crippen LogP contribution in [0.1, 0.15) is 20.9 Å². The minimum Gasteiger partial charge on any atom is -0.486 e. The Bertz CT molecular complexity index is 1330. The summed E-state index contributed by atoms with van der Waals surface area (Å²) in [5.41, 5.74) is 0.753.